The molecule has 0 atom stereocenters. The Kier molecular flexibility index (Phi) is 4.55. The molecule has 0 aliphatic rings. The summed E-state index contributed by atoms with van der Waals surface area (Å²) in [6, 6.07) is 10.2. The molecule has 0 spiro atoms. The van der Waals surface area contributed by atoms with Gasteiger partial charge in [-0.15, -0.1) is 0 Å². The fraction of sp³-hybridized carbons (Fsp3) is 0.133. The zero-order valence-electron chi connectivity index (χ0n) is 11.6. The van der Waals surface area contributed by atoms with Crippen molar-refractivity contribution in [3.05, 3.63) is 52.7 Å². The van der Waals surface area contributed by atoms with Gasteiger partial charge in [0.1, 0.15) is 5.82 Å². The van der Waals surface area contributed by atoms with E-state index in [0.29, 0.717) is 16.5 Å². The Morgan fingerprint density at radius 2 is 1.76 bits per heavy atom. The molecule has 21 heavy (non-hydrogen) atoms. The molecule has 0 aliphatic heterocycles. The van der Waals surface area contributed by atoms with Crippen LogP contribution in [0.2, 0.25) is 5.02 Å². The number of carbonyl (C=O) groups is 2. The number of nitrogens with one attached hydrogen (secondary N) is 2. The largest absolute Gasteiger partial charge is 0.317 e. The SMILES string of the molecule is Cc1cccc(NC(=O)C(=O)Nc2cc(Cl)ccc2C)n1. The third-order valence-electron chi connectivity index (χ3n) is 2.78. The molecule has 108 valence electrons. The first-order valence-corrected chi connectivity index (χ1v) is 6.65. The number of amides is 2. The fourth-order valence-corrected chi connectivity index (χ4v) is 1.87. The minimum Gasteiger partial charge on any atom is -0.317 e. The Morgan fingerprint density at radius 3 is 2.48 bits per heavy atom. The van der Waals surface area contributed by atoms with Crippen molar-refractivity contribution in [1.82, 2.24) is 4.98 Å². The van der Waals surface area contributed by atoms with Gasteiger partial charge in [-0.1, -0.05) is 23.7 Å². The first kappa shape index (κ1) is 15.0. The molecule has 2 N–H and O–H groups in total. The van der Waals surface area contributed by atoms with Gasteiger partial charge in [0.15, 0.2) is 0 Å². The van der Waals surface area contributed by atoms with Gasteiger partial charge >= 0.3 is 11.8 Å². The van der Waals surface area contributed by atoms with Crippen molar-refractivity contribution in [1.29, 1.82) is 0 Å². The average Bonchev–Trinajstić information content (AvgIpc) is 2.43. The van der Waals surface area contributed by atoms with Gasteiger partial charge in [0.05, 0.1) is 0 Å². The molecule has 2 amide bonds. The van der Waals surface area contributed by atoms with Gasteiger partial charge in [0, 0.05) is 16.4 Å². The first-order valence-electron chi connectivity index (χ1n) is 6.28. The number of hydrogen-bond donors (Lipinski definition) is 2. The molecule has 1 heterocycles. The predicted octanol–water partition coefficient (Wildman–Crippen LogP) is 2.93. The van der Waals surface area contributed by atoms with Crippen molar-refractivity contribution in [2.45, 2.75) is 13.8 Å². The Hall–Kier alpha value is -2.40. The zero-order valence-corrected chi connectivity index (χ0v) is 12.4. The number of nitrogens with zero attached hydrogens (tertiary/aromatic N) is 1. The molecule has 0 unspecified atom stereocenters. The Morgan fingerprint density at radius 1 is 1.05 bits per heavy atom. The molecule has 0 aliphatic carbocycles. The van der Waals surface area contributed by atoms with Crippen molar-refractivity contribution in [3.63, 3.8) is 0 Å². The van der Waals surface area contributed by atoms with Crippen LogP contribution >= 0.6 is 11.6 Å². The van der Waals surface area contributed by atoms with Crippen LogP contribution in [0.5, 0.6) is 0 Å². The van der Waals surface area contributed by atoms with Gasteiger partial charge < -0.3 is 10.6 Å². The van der Waals surface area contributed by atoms with Gasteiger partial charge in [-0.05, 0) is 43.7 Å². The smallest absolute Gasteiger partial charge is 0.315 e. The lowest BCUT2D eigenvalue weighted by atomic mass is 10.2. The van der Waals surface area contributed by atoms with Crippen LogP contribution in [0.1, 0.15) is 11.3 Å². The van der Waals surface area contributed by atoms with Crippen molar-refractivity contribution >= 4 is 34.9 Å². The summed E-state index contributed by atoms with van der Waals surface area (Å²) in [5.74, 6) is -1.23. The molecule has 0 fully saturated rings. The van der Waals surface area contributed by atoms with E-state index in [0.717, 1.165) is 11.3 Å². The number of aromatic nitrogens is 1. The average molecular weight is 304 g/mol. The lowest BCUT2D eigenvalue weighted by Gasteiger charge is -2.09. The predicted molar refractivity (Wildman–Crippen MR) is 82.4 cm³/mol. The first-order chi connectivity index (χ1) is 9.95. The van der Waals surface area contributed by atoms with Crippen molar-refractivity contribution < 1.29 is 9.59 Å². The Balaban J connectivity index is 2.06. The lowest BCUT2D eigenvalue weighted by Crippen LogP contribution is -2.29. The van der Waals surface area contributed by atoms with E-state index in [1.54, 1.807) is 43.3 Å². The topological polar surface area (TPSA) is 71.1 Å². The van der Waals surface area contributed by atoms with E-state index < -0.39 is 11.8 Å². The maximum absolute atomic E-state index is 11.9. The second-order valence-corrected chi connectivity index (χ2v) is 4.97. The molecular weight excluding hydrogens is 290 g/mol. The van der Waals surface area contributed by atoms with E-state index >= 15 is 0 Å². The fourth-order valence-electron chi connectivity index (χ4n) is 1.69. The van der Waals surface area contributed by atoms with E-state index in [-0.39, 0.29) is 0 Å². The van der Waals surface area contributed by atoms with Crippen molar-refractivity contribution in [3.8, 4) is 0 Å². The highest BCUT2D eigenvalue weighted by Gasteiger charge is 2.15. The van der Waals surface area contributed by atoms with Gasteiger partial charge in [-0.3, -0.25) is 9.59 Å². The van der Waals surface area contributed by atoms with Crippen molar-refractivity contribution in [2.75, 3.05) is 10.6 Å². The van der Waals surface area contributed by atoms with Gasteiger partial charge in [0.25, 0.3) is 0 Å². The van der Waals surface area contributed by atoms with Gasteiger partial charge in [-0.2, -0.15) is 0 Å². The number of anilines is 2. The monoisotopic (exact) mass is 303 g/mol. The molecule has 0 radical (unpaired) electrons. The van der Waals surface area contributed by atoms with Crippen LogP contribution in [0.15, 0.2) is 36.4 Å². The lowest BCUT2D eigenvalue weighted by molar-refractivity contribution is -0.133. The number of pyridine rings is 1. The minimum absolute atomic E-state index is 0.331. The molecular formula is C15H14ClN3O2. The van der Waals surface area contributed by atoms with Crippen LogP contribution < -0.4 is 10.6 Å². The molecule has 2 aromatic rings. The quantitative estimate of drug-likeness (QED) is 0.838. The number of carbonyl (C=O) groups excluding carboxylic acids is 2. The van der Waals surface area contributed by atoms with Crippen LogP contribution in [0.25, 0.3) is 0 Å². The summed E-state index contributed by atoms with van der Waals surface area (Å²) < 4.78 is 0. The molecule has 5 nitrogen and oxygen atoms in total. The minimum atomic E-state index is -0.785. The maximum Gasteiger partial charge on any atom is 0.315 e. The second kappa shape index (κ2) is 6.37. The second-order valence-electron chi connectivity index (χ2n) is 4.53. The van der Waals surface area contributed by atoms with E-state index in [9.17, 15) is 9.59 Å². The van der Waals surface area contributed by atoms with Crippen LogP contribution in [0.3, 0.4) is 0 Å². The normalized spacial score (nSPS) is 10.0. The maximum atomic E-state index is 11.9. The molecule has 6 heteroatoms. The number of rotatable bonds is 2. The summed E-state index contributed by atoms with van der Waals surface area (Å²) in [4.78, 5) is 27.8. The Bertz CT molecular complexity index is 701. The standard InChI is InChI=1S/C15H14ClN3O2/c1-9-6-7-11(16)8-12(9)18-14(20)15(21)19-13-5-3-4-10(2)17-13/h3-8H,1-2H3,(H,18,20)(H,17,19,21). The third-order valence-corrected chi connectivity index (χ3v) is 3.02. The molecule has 1 aromatic carbocycles. The number of halogens is 1. The molecule has 0 saturated carbocycles. The van der Waals surface area contributed by atoms with Crippen LogP contribution in [-0.2, 0) is 9.59 Å². The summed E-state index contributed by atoms with van der Waals surface area (Å²) in [6.07, 6.45) is 0. The van der Waals surface area contributed by atoms with Gasteiger partial charge in [0.2, 0.25) is 0 Å². The number of benzene rings is 1. The highest BCUT2D eigenvalue weighted by atomic mass is 35.5. The molecule has 0 saturated heterocycles. The Labute approximate surface area is 127 Å². The zero-order chi connectivity index (χ0) is 15.4. The summed E-state index contributed by atoms with van der Waals surface area (Å²) in [5.41, 5.74) is 2.06. The van der Waals surface area contributed by atoms with E-state index in [2.05, 4.69) is 15.6 Å². The van der Waals surface area contributed by atoms with E-state index in [1.165, 1.54) is 0 Å². The van der Waals surface area contributed by atoms with Crippen LogP contribution in [0.4, 0.5) is 11.5 Å². The highest BCUT2D eigenvalue weighted by molar-refractivity contribution is 6.43. The van der Waals surface area contributed by atoms with Crippen LogP contribution in [-0.4, -0.2) is 16.8 Å². The third kappa shape index (κ3) is 4.03. The summed E-state index contributed by atoms with van der Waals surface area (Å²) in [6.45, 7) is 3.61. The number of aryl methyl sites for hydroxylation is 2. The number of hydrogen-bond acceptors (Lipinski definition) is 3. The van der Waals surface area contributed by atoms with Crippen molar-refractivity contribution in [2.24, 2.45) is 0 Å². The summed E-state index contributed by atoms with van der Waals surface area (Å²) >= 11 is 5.87. The van der Waals surface area contributed by atoms with E-state index in [4.69, 9.17) is 11.6 Å². The van der Waals surface area contributed by atoms with Crippen LogP contribution in [0, 0.1) is 13.8 Å². The molecule has 0 bridgehead atoms. The molecule has 2 rings (SSSR count). The van der Waals surface area contributed by atoms with Gasteiger partial charge in [-0.25, -0.2) is 4.98 Å². The summed E-state index contributed by atoms with van der Waals surface area (Å²) in [7, 11) is 0. The summed E-state index contributed by atoms with van der Waals surface area (Å²) in [5, 5.41) is 5.45. The van der Waals surface area contributed by atoms with E-state index in [1.807, 2.05) is 6.92 Å². The molecule has 1 aromatic heterocycles. The highest BCUT2D eigenvalue weighted by Crippen LogP contribution is 2.20.